The van der Waals surface area contributed by atoms with Gasteiger partial charge in [-0.25, -0.2) is 14.2 Å². The highest BCUT2D eigenvalue weighted by Crippen LogP contribution is 2.20. The van der Waals surface area contributed by atoms with Crippen LogP contribution in [0.2, 0.25) is 5.02 Å². The number of nitrogens with zero attached hydrogens (tertiary/aromatic N) is 2. The Labute approximate surface area is 208 Å². The van der Waals surface area contributed by atoms with Gasteiger partial charge in [0.05, 0.1) is 6.04 Å². The van der Waals surface area contributed by atoms with E-state index in [2.05, 4.69) is 10.3 Å². The number of ether oxygens (including phenoxy) is 1. The van der Waals surface area contributed by atoms with Crippen molar-refractivity contribution in [3.05, 3.63) is 71.1 Å². The second-order valence-corrected chi connectivity index (χ2v) is 8.66. The van der Waals surface area contributed by atoms with Gasteiger partial charge in [0.2, 0.25) is 5.91 Å². The average Bonchev–Trinajstić information content (AvgIpc) is 2.85. The van der Waals surface area contributed by atoms with Gasteiger partial charge in [0.1, 0.15) is 18.2 Å². The second-order valence-electron chi connectivity index (χ2n) is 8.25. The number of unbranched alkanes of at least 4 members (excludes halogenated alkanes) is 1. The van der Waals surface area contributed by atoms with Crippen molar-refractivity contribution in [2.75, 3.05) is 25.6 Å². The summed E-state index contributed by atoms with van der Waals surface area (Å²) in [5.41, 5.74) is 0.685. The lowest BCUT2D eigenvalue weighted by atomic mass is 10.1. The maximum Gasteiger partial charge on any atom is 0.412 e. The van der Waals surface area contributed by atoms with Crippen molar-refractivity contribution in [2.45, 2.75) is 38.1 Å². The number of anilines is 1. The van der Waals surface area contributed by atoms with Gasteiger partial charge in [-0.05, 0) is 54.8 Å². The summed E-state index contributed by atoms with van der Waals surface area (Å²) in [5, 5.41) is 13.9. The average molecular weight is 502 g/mol. The zero-order valence-electron chi connectivity index (χ0n) is 19.5. The zero-order chi connectivity index (χ0) is 25.2. The van der Waals surface area contributed by atoms with Crippen LogP contribution in [0.1, 0.15) is 31.2 Å². The first-order chi connectivity index (χ1) is 16.9. The molecule has 0 aliphatic rings. The molecule has 186 valence electrons. The van der Waals surface area contributed by atoms with Crippen LogP contribution in [0.5, 0.6) is 0 Å². The Morgan fingerprint density at radius 1 is 1.17 bits per heavy atom. The van der Waals surface area contributed by atoms with Crippen LogP contribution in [-0.2, 0) is 16.0 Å². The van der Waals surface area contributed by atoms with E-state index in [1.807, 2.05) is 24.3 Å². The zero-order valence-corrected chi connectivity index (χ0v) is 20.3. The number of fused-ring (bicyclic) bond motifs is 1. The summed E-state index contributed by atoms with van der Waals surface area (Å²) >= 11 is 6.06. The van der Waals surface area contributed by atoms with Gasteiger partial charge in [0.15, 0.2) is 0 Å². The van der Waals surface area contributed by atoms with Crippen molar-refractivity contribution in [3.63, 3.8) is 0 Å². The van der Waals surface area contributed by atoms with E-state index in [9.17, 15) is 14.0 Å². The van der Waals surface area contributed by atoms with Crippen LogP contribution in [0.25, 0.3) is 10.8 Å². The minimum absolute atomic E-state index is 0.00954. The molecule has 3 aromatic rings. The summed E-state index contributed by atoms with van der Waals surface area (Å²) in [6.45, 7) is 0.0345. The molecule has 0 saturated carbocycles. The van der Waals surface area contributed by atoms with Crippen molar-refractivity contribution in [1.29, 1.82) is 0 Å². The lowest BCUT2D eigenvalue weighted by Crippen LogP contribution is -2.41. The smallest absolute Gasteiger partial charge is 0.412 e. The van der Waals surface area contributed by atoms with Gasteiger partial charge in [-0.3, -0.25) is 10.1 Å². The second kappa shape index (κ2) is 13.0. The topological polar surface area (TPSA) is 91.8 Å². The number of halogens is 2. The maximum absolute atomic E-state index is 13.3. The number of aryl methyl sites for hydroxylation is 1. The van der Waals surface area contributed by atoms with Crippen LogP contribution in [0, 0.1) is 5.82 Å². The molecule has 0 unspecified atom stereocenters. The molecule has 1 aromatic heterocycles. The van der Waals surface area contributed by atoms with Crippen molar-refractivity contribution in [1.82, 2.24) is 9.88 Å². The molecule has 2 N–H and O–H groups in total. The minimum atomic E-state index is -0.668. The number of benzene rings is 2. The SMILES string of the molecule is CN(C(=O)CCc1ccc(F)cc1Cl)[C@@H](CCCCO)COC(=O)Nc1cc2ccccc2cn1. The van der Waals surface area contributed by atoms with E-state index >= 15 is 0 Å². The summed E-state index contributed by atoms with van der Waals surface area (Å²) in [7, 11) is 1.66. The highest BCUT2D eigenvalue weighted by atomic mass is 35.5. The molecular formula is C26H29ClFN3O4. The number of amides is 2. The van der Waals surface area contributed by atoms with E-state index in [1.165, 1.54) is 12.1 Å². The first-order valence-electron chi connectivity index (χ1n) is 11.5. The molecule has 1 atom stereocenters. The molecule has 1 heterocycles. The van der Waals surface area contributed by atoms with Gasteiger partial charge in [0.25, 0.3) is 0 Å². The Morgan fingerprint density at radius 3 is 2.69 bits per heavy atom. The molecule has 0 aliphatic carbocycles. The van der Waals surface area contributed by atoms with Crippen molar-refractivity contribution in [3.8, 4) is 0 Å². The largest absolute Gasteiger partial charge is 0.447 e. The Morgan fingerprint density at radius 2 is 1.94 bits per heavy atom. The Kier molecular flexibility index (Phi) is 9.81. The molecule has 0 radical (unpaired) electrons. The monoisotopic (exact) mass is 501 g/mol. The number of rotatable bonds is 11. The highest BCUT2D eigenvalue weighted by Gasteiger charge is 2.22. The lowest BCUT2D eigenvalue weighted by molar-refractivity contribution is -0.132. The van der Waals surface area contributed by atoms with Crippen LogP contribution in [0.4, 0.5) is 15.0 Å². The molecule has 3 rings (SSSR count). The molecule has 0 saturated heterocycles. The summed E-state index contributed by atoms with van der Waals surface area (Å²) in [5.74, 6) is -0.216. The third-order valence-corrected chi connectivity index (χ3v) is 6.13. The summed E-state index contributed by atoms with van der Waals surface area (Å²) in [6.07, 6.45) is 3.34. The van der Waals surface area contributed by atoms with Gasteiger partial charge in [-0.1, -0.05) is 41.9 Å². The van der Waals surface area contributed by atoms with E-state index in [4.69, 9.17) is 21.4 Å². The van der Waals surface area contributed by atoms with E-state index in [1.54, 1.807) is 30.3 Å². The van der Waals surface area contributed by atoms with Crippen LogP contribution < -0.4 is 5.32 Å². The number of aromatic nitrogens is 1. The molecule has 0 fully saturated rings. The summed E-state index contributed by atoms with van der Waals surface area (Å²) < 4.78 is 18.7. The molecule has 9 heteroatoms. The van der Waals surface area contributed by atoms with E-state index < -0.39 is 11.9 Å². The molecule has 0 aliphatic heterocycles. The van der Waals surface area contributed by atoms with Gasteiger partial charge >= 0.3 is 6.09 Å². The Hall–Kier alpha value is -3.23. The van der Waals surface area contributed by atoms with Crippen molar-refractivity contribution in [2.24, 2.45) is 0 Å². The van der Waals surface area contributed by atoms with E-state index in [0.717, 1.165) is 10.8 Å². The summed E-state index contributed by atoms with van der Waals surface area (Å²) in [4.78, 5) is 31.0. The van der Waals surface area contributed by atoms with Gasteiger partial charge in [-0.2, -0.15) is 0 Å². The molecule has 0 spiro atoms. The first-order valence-corrected chi connectivity index (χ1v) is 11.8. The van der Waals surface area contributed by atoms with Crippen LogP contribution in [-0.4, -0.2) is 53.3 Å². The standard InChI is InChI=1S/C26H29ClFN3O4/c1-31(25(33)12-10-18-9-11-21(28)15-23(18)27)22(8-4-5-13-32)17-35-26(34)30-24-14-19-6-2-3-7-20(19)16-29-24/h2-3,6-7,9,11,14-16,22,32H,4-5,8,10,12-13,17H2,1H3,(H,29,30,34)/t22-/m0/s1. The number of nitrogens with one attached hydrogen (secondary N) is 1. The number of hydrogen-bond donors (Lipinski definition) is 2. The fraction of sp³-hybridized carbons (Fsp3) is 0.346. The number of carbonyl (C=O) groups is 2. The number of aliphatic hydroxyl groups excluding tert-OH is 1. The lowest BCUT2D eigenvalue weighted by Gasteiger charge is -2.28. The number of hydrogen-bond acceptors (Lipinski definition) is 5. The van der Waals surface area contributed by atoms with E-state index in [0.29, 0.717) is 37.1 Å². The molecule has 2 aromatic carbocycles. The molecular weight excluding hydrogens is 473 g/mol. The number of aliphatic hydroxyl groups is 1. The summed E-state index contributed by atoms with van der Waals surface area (Å²) in [6, 6.07) is 13.1. The van der Waals surface area contributed by atoms with Crippen LogP contribution in [0.3, 0.4) is 0 Å². The molecule has 7 nitrogen and oxygen atoms in total. The number of pyridine rings is 1. The molecule has 2 amide bonds. The minimum Gasteiger partial charge on any atom is -0.447 e. The predicted molar refractivity (Wildman–Crippen MR) is 134 cm³/mol. The Bertz CT molecular complexity index is 1160. The van der Waals surface area contributed by atoms with Crippen molar-refractivity contribution < 1.29 is 23.8 Å². The highest BCUT2D eigenvalue weighted by molar-refractivity contribution is 6.31. The first kappa shape index (κ1) is 26.4. The molecule has 0 bridgehead atoms. The fourth-order valence-electron chi connectivity index (χ4n) is 3.69. The van der Waals surface area contributed by atoms with Crippen molar-refractivity contribution >= 4 is 40.2 Å². The third-order valence-electron chi connectivity index (χ3n) is 5.78. The van der Waals surface area contributed by atoms with Gasteiger partial charge in [0, 0.05) is 36.7 Å². The normalized spacial score (nSPS) is 11.8. The van der Waals surface area contributed by atoms with Crippen LogP contribution in [0.15, 0.2) is 54.7 Å². The number of likely N-dealkylation sites (N-methyl/N-ethyl adjacent to an activating group) is 1. The van der Waals surface area contributed by atoms with Crippen LogP contribution >= 0.6 is 11.6 Å². The maximum atomic E-state index is 13.3. The Balaban J connectivity index is 1.56. The van der Waals surface area contributed by atoms with Gasteiger partial charge < -0.3 is 14.7 Å². The quantitative estimate of drug-likeness (QED) is 0.352. The van der Waals surface area contributed by atoms with Gasteiger partial charge in [-0.15, -0.1) is 0 Å². The fourth-order valence-corrected chi connectivity index (χ4v) is 3.95. The molecule has 35 heavy (non-hydrogen) atoms. The third kappa shape index (κ3) is 7.90. The van der Waals surface area contributed by atoms with E-state index in [-0.39, 0.29) is 36.6 Å². The number of carbonyl (C=O) groups excluding carboxylic acids is 2. The predicted octanol–water partition coefficient (Wildman–Crippen LogP) is 5.20.